The van der Waals surface area contributed by atoms with Crippen LogP contribution in [0.2, 0.25) is 0 Å². The number of thioether (sulfide) groups is 1. The molecule has 0 unspecified atom stereocenters. The average molecular weight is 262 g/mol. The van der Waals surface area contributed by atoms with Crippen LogP contribution in [0.4, 0.5) is 0 Å². The lowest BCUT2D eigenvalue weighted by molar-refractivity contribution is -0.870. The molecule has 0 aromatic carbocycles. The lowest BCUT2D eigenvalue weighted by Crippen LogP contribution is -2.37. The smallest absolute Gasteiger partial charge is 0.229 e. The summed E-state index contributed by atoms with van der Waals surface area (Å²) in [6, 6.07) is 0. The minimum Gasteiger partial charge on any atom is -0.370 e. The van der Waals surface area contributed by atoms with Crippen LogP contribution < -0.4 is 11.1 Å². The van der Waals surface area contributed by atoms with E-state index in [4.69, 9.17) is 5.73 Å². The van der Waals surface area contributed by atoms with Gasteiger partial charge in [-0.1, -0.05) is 0 Å². The van der Waals surface area contributed by atoms with E-state index in [0.717, 1.165) is 17.4 Å². The fourth-order valence-electron chi connectivity index (χ4n) is 1.17. The fourth-order valence-corrected chi connectivity index (χ4v) is 1.95. The Morgan fingerprint density at radius 3 is 2.47 bits per heavy atom. The summed E-state index contributed by atoms with van der Waals surface area (Å²) in [5.74, 6) is 0.723. The molecule has 0 saturated carbocycles. The number of amides is 2. The van der Waals surface area contributed by atoms with Crippen molar-refractivity contribution in [3.8, 4) is 0 Å². The minimum absolute atomic E-state index is 0.0286. The van der Waals surface area contributed by atoms with Gasteiger partial charge < -0.3 is 15.5 Å². The van der Waals surface area contributed by atoms with Gasteiger partial charge in [0.15, 0.2) is 0 Å². The molecule has 0 radical (unpaired) electrons. The highest BCUT2D eigenvalue weighted by atomic mass is 32.2. The molecule has 0 saturated heterocycles. The molecular weight excluding hydrogens is 238 g/mol. The third-order valence-corrected chi connectivity index (χ3v) is 3.01. The zero-order valence-electron chi connectivity index (χ0n) is 11.0. The fraction of sp³-hybridized carbons (Fsp3) is 0.818. The summed E-state index contributed by atoms with van der Waals surface area (Å²) >= 11 is 1.44. The summed E-state index contributed by atoms with van der Waals surface area (Å²) < 4.78 is 0.906. The number of primary amides is 1. The first-order valence-electron chi connectivity index (χ1n) is 5.74. The summed E-state index contributed by atoms with van der Waals surface area (Å²) in [4.78, 5) is 21.8. The highest BCUT2D eigenvalue weighted by Crippen LogP contribution is 2.01. The Hall–Kier alpha value is -0.750. The number of nitrogens with two attached hydrogens (primary N) is 1. The first-order valence-corrected chi connectivity index (χ1v) is 6.90. The molecule has 0 atom stereocenters. The molecule has 0 aliphatic rings. The van der Waals surface area contributed by atoms with Gasteiger partial charge in [0, 0.05) is 25.1 Å². The van der Waals surface area contributed by atoms with E-state index in [-0.39, 0.29) is 11.8 Å². The van der Waals surface area contributed by atoms with Gasteiger partial charge in [-0.2, -0.15) is 11.8 Å². The molecule has 17 heavy (non-hydrogen) atoms. The Labute approximate surface area is 108 Å². The molecule has 0 heterocycles. The van der Waals surface area contributed by atoms with Crippen molar-refractivity contribution in [1.82, 2.24) is 5.32 Å². The first kappa shape index (κ1) is 16.2. The zero-order chi connectivity index (χ0) is 13.3. The number of rotatable bonds is 9. The molecule has 0 rings (SSSR count). The maximum Gasteiger partial charge on any atom is 0.229 e. The molecule has 6 heteroatoms. The molecule has 0 spiro atoms. The van der Waals surface area contributed by atoms with E-state index >= 15 is 0 Å². The Bertz CT molecular complexity index is 252. The van der Waals surface area contributed by atoms with Crippen LogP contribution in [0.5, 0.6) is 0 Å². The second-order valence-electron chi connectivity index (χ2n) is 4.99. The van der Waals surface area contributed by atoms with Gasteiger partial charge in [-0.25, -0.2) is 0 Å². The van der Waals surface area contributed by atoms with Gasteiger partial charge in [0.25, 0.3) is 0 Å². The number of hydrogen-bond donors (Lipinski definition) is 2. The molecule has 5 nitrogen and oxygen atoms in total. The lowest BCUT2D eigenvalue weighted by atomic mass is 10.3. The van der Waals surface area contributed by atoms with Gasteiger partial charge in [0.1, 0.15) is 0 Å². The largest absolute Gasteiger partial charge is 0.370 e. The number of nitrogens with zero attached hydrogens (tertiary/aromatic N) is 1. The predicted molar refractivity (Wildman–Crippen MR) is 71.7 cm³/mol. The van der Waals surface area contributed by atoms with Crippen molar-refractivity contribution < 1.29 is 14.1 Å². The van der Waals surface area contributed by atoms with E-state index in [1.54, 1.807) is 0 Å². The van der Waals surface area contributed by atoms with Crippen molar-refractivity contribution in [2.75, 3.05) is 45.7 Å². The van der Waals surface area contributed by atoms with Crippen molar-refractivity contribution >= 4 is 23.6 Å². The summed E-state index contributed by atoms with van der Waals surface area (Å²) in [6.45, 7) is 1.75. The number of quaternary nitrogens is 1. The monoisotopic (exact) mass is 262 g/mol. The van der Waals surface area contributed by atoms with Gasteiger partial charge in [-0.3, -0.25) is 9.59 Å². The number of nitrogens with one attached hydrogen (secondary N) is 1. The Morgan fingerprint density at radius 1 is 1.29 bits per heavy atom. The van der Waals surface area contributed by atoms with E-state index in [2.05, 4.69) is 26.5 Å². The Balaban J connectivity index is 3.38. The number of carbonyl (C=O) groups excluding carboxylic acids is 2. The summed E-state index contributed by atoms with van der Waals surface area (Å²) in [5, 5.41) is 2.86. The van der Waals surface area contributed by atoms with Crippen LogP contribution in [0.25, 0.3) is 0 Å². The van der Waals surface area contributed by atoms with Gasteiger partial charge in [-0.05, 0) is 0 Å². The molecule has 3 N–H and O–H groups in total. The Kier molecular flexibility index (Phi) is 7.99. The molecule has 0 aromatic heterocycles. The molecular formula is C11H24N3O2S+. The molecule has 0 aliphatic carbocycles. The van der Waals surface area contributed by atoms with Crippen LogP contribution in [-0.2, 0) is 9.59 Å². The number of carbonyl (C=O) groups is 2. The van der Waals surface area contributed by atoms with Gasteiger partial charge in [-0.15, -0.1) is 0 Å². The molecule has 0 aliphatic heterocycles. The highest BCUT2D eigenvalue weighted by Gasteiger charge is 2.07. The highest BCUT2D eigenvalue weighted by molar-refractivity contribution is 7.99. The summed E-state index contributed by atoms with van der Waals surface area (Å²) in [7, 11) is 6.38. The zero-order valence-corrected chi connectivity index (χ0v) is 11.8. The van der Waals surface area contributed by atoms with Crippen LogP contribution in [-0.4, -0.2) is 62.0 Å². The molecule has 0 bridgehead atoms. The molecule has 0 fully saturated rings. The predicted octanol–water partition coefficient (Wildman–Crippen LogP) is -0.192. The summed E-state index contributed by atoms with van der Waals surface area (Å²) in [6.07, 6.45) is 1.31. The number of hydrogen-bond acceptors (Lipinski definition) is 3. The van der Waals surface area contributed by atoms with Crippen LogP contribution in [0.15, 0.2) is 0 Å². The van der Waals surface area contributed by atoms with Crippen molar-refractivity contribution in [3.63, 3.8) is 0 Å². The normalized spacial score (nSPS) is 11.2. The van der Waals surface area contributed by atoms with E-state index in [9.17, 15) is 9.59 Å². The third-order valence-electron chi connectivity index (χ3n) is 2.05. The Morgan fingerprint density at radius 2 is 1.94 bits per heavy atom. The second-order valence-corrected chi connectivity index (χ2v) is 6.09. The van der Waals surface area contributed by atoms with Gasteiger partial charge in [0.05, 0.1) is 33.4 Å². The molecule has 100 valence electrons. The van der Waals surface area contributed by atoms with Crippen molar-refractivity contribution in [1.29, 1.82) is 0 Å². The lowest BCUT2D eigenvalue weighted by Gasteiger charge is -2.23. The van der Waals surface area contributed by atoms with Gasteiger partial charge >= 0.3 is 0 Å². The second kappa shape index (κ2) is 8.36. The third kappa shape index (κ3) is 13.2. The minimum atomic E-state index is -0.319. The van der Waals surface area contributed by atoms with Crippen LogP contribution in [0.3, 0.4) is 0 Å². The first-order chi connectivity index (χ1) is 7.81. The maximum atomic E-state index is 11.4. The van der Waals surface area contributed by atoms with Crippen molar-refractivity contribution in [2.45, 2.75) is 12.8 Å². The summed E-state index contributed by atoms with van der Waals surface area (Å²) in [5.41, 5.74) is 4.99. The quantitative estimate of drug-likeness (QED) is 0.447. The van der Waals surface area contributed by atoms with Crippen LogP contribution >= 0.6 is 11.8 Å². The van der Waals surface area contributed by atoms with Gasteiger partial charge in [0.2, 0.25) is 11.8 Å². The van der Waals surface area contributed by atoms with E-state index in [1.807, 2.05) is 0 Å². The van der Waals surface area contributed by atoms with Crippen molar-refractivity contribution in [3.05, 3.63) is 0 Å². The standard InChI is InChI=1S/C11H23N3O2S/c1-14(2,3)7-4-6-13-11(16)9-17-8-5-10(12)15/h4-9H2,1-3H3,(H2-,12,13,15,16)/p+1. The topological polar surface area (TPSA) is 72.2 Å². The maximum absolute atomic E-state index is 11.4. The van der Waals surface area contributed by atoms with E-state index in [0.29, 0.717) is 24.5 Å². The molecule has 2 amide bonds. The van der Waals surface area contributed by atoms with Crippen LogP contribution in [0, 0.1) is 0 Å². The SMILES string of the molecule is C[N+](C)(C)CCCNC(=O)CSCCC(N)=O. The van der Waals surface area contributed by atoms with Crippen molar-refractivity contribution in [2.24, 2.45) is 5.73 Å². The average Bonchev–Trinajstić information content (AvgIpc) is 2.18. The van der Waals surface area contributed by atoms with Crippen LogP contribution in [0.1, 0.15) is 12.8 Å². The van der Waals surface area contributed by atoms with E-state index in [1.165, 1.54) is 11.8 Å². The van der Waals surface area contributed by atoms with E-state index < -0.39 is 0 Å². The molecule has 0 aromatic rings.